The third-order valence-corrected chi connectivity index (χ3v) is 4.24. The third kappa shape index (κ3) is 3.31. The number of anilines is 1. The van der Waals surface area contributed by atoms with Crippen molar-refractivity contribution >= 4 is 45.7 Å². The lowest BCUT2D eigenvalue weighted by molar-refractivity contribution is -0.114. The maximum absolute atomic E-state index is 12.5. The van der Waals surface area contributed by atoms with Crippen LogP contribution in [0, 0.1) is 0 Å². The van der Waals surface area contributed by atoms with E-state index in [1.165, 1.54) is 43.5 Å². The summed E-state index contributed by atoms with van der Waals surface area (Å²) in [6.07, 6.45) is 0.553. The summed E-state index contributed by atoms with van der Waals surface area (Å²) in [5.41, 5.74) is 1.12. The summed E-state index contributed by atoms with van der Waals surface area (Å²) in [6.45, 7) is 0. The number of esters is 1. The molecule has 132 valence electrons. The average molecular weight is 418 g/mol. The Balaban J connectivity index is 1.88. The molecule has 8 heteroatoms. The number of rotatable bonds is 3. The van der Waals surface area contributed by atoms with Crippen molar-refractivity contribution in [2.24, 2.45) is 0 Å². The fourth-order valence-electron chi connectivity index (χ4n) is 2.32. The number of aromatic hydroxyl groups is 1. The minimum absolute atomic E-state index is 0.0502. The fraction of sp³-hybridized carbons (Fsp3) is 0.0556. The first-order valence-electron chi connectivity index (χ1n) is 7.35. The van der Waals surface area contributed by atoms with Gasteiger partial charge in [-0.15, -0.1) is 0 Å². The van der Waals surface area contributed by atoms with Crippen LogP contribution in [0.5, 0.6) is 5.75 Å². The monoisotopic (exact) mass is 417 g/mol. The summed E-state index contributed by atoms with van der Waals surface area (Å²) in [5.74, 6) is -1.26. The molecule has 3 rings (SSSR count). The lowest BCUT2D eigenvalue weighted by Crippen LogP contribution is -2.28. The Morgan fingerprint density at radius 3 is 2.50 bits per heavy atom. The van der Waals surface area contributed by atoms with Gasteiger partial charge < -0.3 is 14.6 Å². The van der Waals surface area contributed by atoms with E-state index in [4.69, 9.17) is 4.74 Å². The van der Waals surface area contributed by atoms with Crippen LogP contribution < -0.4 is 4.90 Å². The van der Waals surface area contributed by atoms with Gasteiger partial charge in [-0.3, -0.25) is 4.79 Å². The second-order valence-electron chi connectivity index (χ2n) is 5.27. The molecule has 26 heavy (non-hydrogen) atoms. The van der Waals surface area contributed by atoms with E-state index in [2.05, 4.69) is 20.7 Å². The van der Waals surface area contributed by atoms with Crippen molar-refractivity contribution in [2.45, 2.75) is 0 Å². The summed E-state index contributed by atoms with van der Waals surface area (Å²) in [7, 11) is 1.26. The largest absolute Gasteiger partial charge is 0.507 e. The van der Waals surface area contributed by atoms with Crippen LogP contribution in [0.1, 0.15) is 15.9 Å². The number of carbonyl (C=O) groups excluding carboxylic acids is 3. The summed E-state index contributed by atoms with van der Waals surface area (Å²) in [6, 6.07) is 10.4. The lowest BCUT2D eigenvalue weighted by atomic mass is 10.2. The van der Waals surface area contributed by atoms with E-state index in [0.717, 1.165) is 4.90 Å². The first-order chi connectivity index (χ1) is 12.4. The Labute approximate surface area is 156 Å². The molecule has 1 heterocycles. The highest BCUT2D eigenvalue weighted by Gasteiger charge is 2.37. The molecule has 1 aliphatic heterocycles. The van der Waals surface area contributed by atoms with E-state index in [-0.39, 0.29) is 17.2 Å². The Morgan fingerprint density at radius 2 is 1.88 bits per heavy atom. The number of benzene rings is 2. The van der Waals surface area contributed by atoms with Crippen LogP contribution in [0.15, 0.2) is 52.7 Å². The maximum atomic E-state index is 12.5. The van der Waals surface area contributed by atoms with E-state index in [1.54, 1.807) is 12.1 Å². The molecule has 7 nitrogen and oxygen atoms in total. The Bertz CT molecular complexity index is 935. The highest BCUT2D eigenvalue weighted by atomic mass is 79.9. The number of hydrogen-bond donors (Lipinski definition) is 1. The van der Waals surface area contributed by atoms with Crippen molar-refractivity contribution < 1.29 is 29.0 Å². The normalized spacial score (nSPS) is 15.3. The Hall–Kier alpha value is -3.13. The number of amides is 2. The number of ether oxygens (including phenoxy) is 2. The van der Waals surface area contributed by atoms with E-state index in [1.807, 2.05) is 0 Å². The van der Waals surface area contributed by atoms with Crippen molar-refractivity contribution in [3.8, 4) is 5.75 Å². The van der Waals surface area contributed by atoms with Gasteiger partial charge in [0.05, 0.1) is 22.8 Å². The summed E-state index contributed by atoms with van der Waals surface area (Å²) < 4.78 is 10.1. The van der Waals surface area contributed by atoms with Crippen molar-refractivity contribution in [1.82, 2.24) is 0 Å². The summed E-state index contributed by atoms with van der Waals surface area (Å²) >= 11 is 3.18. The number of nitrogens with zero attached hydrogens (tertiary/aromatic N) is 1. The molecule has 2 aromatic carbocycles. The SMILES string of the molecule is COC(=O)c1ccc(N2C(=O)O/C(=C/c3ccc(O)c(Br)c3)C2=O)cc1. The quantitative estimate of drug-likeness (QED) is 0.606. The number of hydrogen-bond acceptors (Lipinski definition) is 6. The summed E-state index contributed by atoms with van der Waals surface area (Å²) in [4.78, 5) is 36.9. The molecule has 0 aromatic heterocycles. The maximum Gasteiger partial charge on any atom is 0.427 e. The van der Waals surface area contributed by atoms with Crippen molar-refractivity contribution in [3.63, 3.8) is 0 Å². The molecule has 0 atom stereocenters. The number of carbonyl (C=O) groups is 3. The Kier molecular flexibility index (Phi) is 4.77. The molecule has 1 N–H and O–H groups in total. The number of phenols is 1. The van der Waals surface area contributed by atoms with Gasteiger partial charge in [-0.1, -0.05) is 6.07 Å². The number of halogens is 1. The smallest absolute Gasteiger partial charge is 0.427 e. The van der Waals surface area contributed by atoms with Gasteiger partial charge in [-0.25, -0.2) is 14.5 Å². The zero-order valence-electron chi connectivity index (χ0n) is 13.4. The number of imide groups is 1. The topological polar surface area (TPSA) is 93.1 Å². The highest BCUT2D eigenvalue weighted by molar-refractivity contribution is 9.10. The molecular formula is C18H12BrNO6. The number of cyclic esters (lactones) is 1. The first kappa shape index (κ1) is 17.7. The van der Waals surface area contributed by atoms with Gasteiger partial charge in [0.2, 0.25) is 0 Å². The van der Waals surface area contributed by atoms with Crippen LogP contribution in [0.25, 0.3) is 6.08 Å². The second-order valence-corrected chi connectivity index (χ2v) is 6.12. The summed E-state index contributed by atoms with van der Waals surface area (Å²) in [5, 5.41) is 9.51. The molecule has 0 bridgehead atoms. The predicted molar refractivity (Wildman–Crippen MR) is 95.5 cm³/mol. The second kappa shape index (κ2) is 7.01. The number of phenolic OH excluding ortho intramolecular Hbond substituents is 1. The standard InChI is InChI=1S/C18H12BrNO6/c1-25-17(23)11-3-5-12(6-4-11)20-16(22)15(26-18(20)24)9-10-2-7-14(21)13(19)8-10/h2-9,21H,1H3/b15-9+. The molecule has 0 radical (unpaired) electrons. The molecule has 0 aliphatic carbocycles. The average Bonchev–Trinajstić information content (AvgIpc) is 2.91. The fourth-order valence-corrected chi connectivity index (χ4v) is 2.72. The van der Waals surface area contributed by atoms with E-state index in [9.17, 15) is 19.5 Å². The molecular weight excluding hydrogens is 406 g/mol. The van der Waals surface area contributed by atoms with Crippen molar-refractivity contribution in [3.05, 3.63) is 63.8 Å². The minimum atomic E-state index is -0.843. The van der Waals surface area contributed by atoms with Crippen molar-refractivity contribution in [1.29, 1.82) is 0 Å². The zero-order valence-corrected chi connectivity index (χ0v) is 15.0. The predicted octanol–water partition coefficient (Wildman–Crippen LogP) is 3.47. The first-order valence-corrected chi connectivity index (χ1v) is 8.15. The molecule has 0 unspecified atom stereocenters. The third-order valence-electron chi connectivity index (χ3n) is 3.61. The van der Waals surface area contributed by atoms with Gasteiger partial charge >= 0.3 is 18.0 Å². The van der Waals surface area contributed by atoms with Gasteiger partial charge in [0.15, 0.2) is 5.76 Å². The van der Waals surface area contributed by atoms with Gasteiger partial charge in [0.25, 0.3) is 0 Å². The Morgan fingerprint density at radius 1 is 1.19 bits per heavy atom. The van der Waals surface area contributed by atoms with Crippen molar-refractivity contribution in [2.75, 3.05) is 12.0 Å². The van der Waals surface area contributed by atoms with Gasteiger partial charge in [-0.05, 0) is 64.0 Å². The van der Waals surface area contributed by atoms with Crippen LogP contribution in [-0.4, -0.2) is 30.2 Å². The van der Waals surface area contributed by atoms with E-state index in [0.29, 0.717) is 15.6 Å². The molecule has 1 fully saturated rings. The van der Waals surface area contributed by atoms with E-state index >= 15 is 0 Å². The molecule has 0 spiro atoms. The van der Waals surface area contributed by atoms with Crippen LogP contribution in [0.3, 0.4) is 0 Å². The van der Waals surface area contributed by atoms with Crippen LogP contribution in [-0.2, 0) is 14.3 Å². The highest BCUT2D eigenvalue weighted by Crippen LogP contribution is 2.29. The van der Waals surface area contributed by atoms with Crippen LogP contribution in [0.4, 0.5) is 10.5 Å². The van der Waals surface area contributed by atoms with Crippen LogP contribution in [0.2, 0.25) is 0 Å². The van der Waals surface area contributed by atoms with Gasteiger partial charge in [0.1, 0.15) is 5.75 Å². The minimum Gasteiger partial charge on any atom is -0.507 e. The van der Waals surface area contributed by atoms with Crippen LogP contribution >= 0.6 is 15.9 Å². The molecule has 1 saturated heterocycles. The molecule has 2 amide bonds. The van der Waals surface area contributed by atoms with E-state index < -0.39 is 18.0 Å². The molecule has 1 aliphatic rings. The van der Waals surface area contributed by atoms with Gasteiger partial charge in [-0.2, -0.15) is 0 Å². The number of methoxy groups -OCH3 is 1. The van der Waals surface area contributed by atoms with Gasteiger partial charge in [0, 0.05) is 0 Å². The zero-order chi connectivity index (χ0) is 18.8. The lowest BCUT2D eigenvalue weighted by Gasteiger charge is -2.10. The molecule has 0 saturated carbocycles. The molecule has 2 aromatic rings.